The molecule has 1 aliphatic carbocycles. The highest BCUT2D eigenvalue weighted by Crippen LogP contribution is 2.48. The second-order valence-electron chi connectivity index (χ2n) is 3.69. The molecule has 0 N–H and O–H groups in total. The van der Waals surface area contributed by atoms with Gasteiger partial charge in [-0.15, -0.1) is 0 Å². The van der Waals surface area contributed by atoms with Gasteiger partial charge in [-0.1, -0.05) is 0 Å². The Labute approximate surface area is 95.7 Å². The minimum absolute atomic E-state index is 0.0358. The van der Waals surface area contributed by atoms with Crippen LogP contribution in [0.3, 0.4) is 0 Å². The lowest BCUT2D eigenvalue weighted by Crippen LogP contribution is -2.52. The Bertz CT molecular complexity index is 276. The Hall–Kier alpha value is -0.960. The van der Waals surface area contributed by atoms with Crippen LogP contribution >= 0.6 is 8.46 Å². The van der Waals surface area contributed by atoms with E-state index < -0.39 is 17.4 Å². The van der Waals surface area contributed by atoms with Crippen LogP contribution in [0.4, 0.5) is 0 Å². The van der Waals surface area contributed by atoms with E-state index in [1.54, 1.807) is 13.8 Å². The highest BCUT2D eigenvalue weighted by molar-refractivity contribution is 7.24. The molecule has 0 aromatic rings. The van der Waals surface area contributed by atoms with Crippen molar-refractivity contribution >= 4 is 20.4 Å². The number of carbonyl (C=O) groups is 2. The Kier molecular flexibility index (Phi) is 4.42. The monoisotopic (exact) mass is 246 g/mol. The van der Waals surface area contributed by atoms with Crippen molar-refractivity contribution in [3.8, 4) is 0 Å². The molecule has 0 atom stereocenters. The average Bonchev–Trinajstić information content (AvgIpc) is 2.17. The van der Waals surface area contributed by atoms with Crippen LogP contribution in [0.15, 0.2) is 0 Å². The second kappa shape index (κ2) is 5.39. The predicted molar refractivity (Wildman–Crippen MR) is 56.3 cm³/mol. The SMILES string of the molecule is CCOC(=O)C1(C(=O)OCC)CC(P=O)C1. The lowest BCUT2D eigenvalue weighted by atomic mass is 9.68. The van der Waals surface area contributed by atoms with E-state index in [1.165, 1.54) is 0 Å². The molecule has 1 rings (SSSR count). The highest BCUT2D eigenvalue weighted by Gasteiger charge is 2.58. The molecule has 0 unspecified atom stereocenters. The van der Waals surface area contributed by atoms with Crippen LogP contribution in [0.1, 0.15) is 26.7 Å². The van der Waals surface area contributed by atoms with Gasteiger partial charge < -0.3 is 9.47 Å². The van der Waals surface area contributed by atoms with Crippen LogP contribution in [0.2, 0.25) is 0 Å². The van der Waals surface area contributed by atoms with Gasteiger partial charge in [-0.05, 0) is 26.7 Å². The summed E-state index contributed by atoms with van der Waals surface area (Å²) in [4.78, 5) is 23.4. The van der Waals surface area contributed by atoms with E-state index in [1.807, 2.05) is 0 Å². The molecule has 0 heterocycles. The zero-order valence-electron chi connectivity index (χ0n) is 9.39. The molecule has 6 heteroatoms. The molecule has 0 aromatic carbocycles. The molecule has 90 valence electrons. The molecule has 1 saturated carbocycles. The van der Waals surface area contributed by atoms with Gasteiger partial charge in [-0.3, -0.25) is 14.2 Å². The zero-order valence-corrected chi connectivity index (χ0v) is 10.3. The lowest BCUT2D eigenvalue weighted by molar-refractivity contribution is -0.178. The standard InChI is InChI=1S/C10H15O5P/c1-3-14-8(11)10(9(12)15-4-2)5-7(6-10)16-13/h7H,3-6H2,1-2H3. The fraction of sp³-hybridized carbons (Fsp3) is 0.800. The first-order valence-corrected chi connectivity index (χ1v) is 6.15. The molecule has 0 bridgehead atoms. The maximum atomic E-state index is 11.7. The van der Waals surface area contributed by atoms with Gasteiger partial charge >= 0.3 is 11.9 Å². The van der Waals surface area contributed by atoms with Crippen molar-refractivity contribution in [2.45, 2.75) is 32.3 Å². The number of carbonyl (C=O) groups excluding carboxylic acids is 2. The van der Waals surface area contributed by atoms with Crippen LogP contribution in [0.5, 0.6) is 0 Å². The van der Waals surface area contributed by atoms with E-state index >= 15 is 0 Å². The molecule has 16 heavy (non-hydrogen) atoms. The zero-order chi connectivity index (χ0) is 12.2. The fourth-order valence-electron chi connectivity index (χ4n) is 1.77. The maximum absolute atomic E-state index is 11.7. The summed E-state index contributed by atoms with van der Waals surface area (Å²) in [6.07, 6.45) is 0.492. The van der Waals surface area contributed by atoms with Gasteiger partial charge in [0, 0.05) is 5.66 Å². The van der Waals surface area contributed by atoms with Crippen molar-refractivity contribution in [3.63, 3.8) is 0 Å². The van der Waals surface area contributed by atoms with Crippen LogP contribution < -0.4 is 0 Å². The number of hydrogen-bond acceptors (Lipinski definition) is 5. The first-order chi connectivity index (χ1) is 7.60. The van der Waals surface area contributed by atoms with Gasteiger partial charge in [-0.25, -0.2) is 0 Å². The van der Waals surface area contributed by atoms with E-state index in [0.717, 1.165) is 0 Å². The van der Waals surface area contributed by atoms with Gasteiger partial charge in [-0.2, -0.15) is 0 Å². The average molecular weight is 246 g/mol. The van der Waals surface area contributed by atoms with Crippen molar-refractivity contribution in [2.75, 3.05) is 13.2 Å². The number of rotatable bonds is 5. The van der Waals surface area contributed by atoms with Gasteiger partial charge in [0.05, 0.1) is 13.2 Å². The molecule has 0 aromatic heterocycles. The second-order valence-corrected chi connectivity index (χ2v) is 4.63. The Morgan fingerprint density at radius 3 is 1.94 bits per heavy atom. The van der Waals surface area contributed by atoms with Gasteiger partial charge in [0.2, 0.25) is 0 Å². The Morgan fingerprint density at radius 2 is 1.62 bits per heavy atom. The molecular formula is C10H15O5P. The third-order valence-corrected chi connectivity index (χ3v) is 3.31. The third-order valence-electron chi connectivity index (χ3n) is 2.65. The maximum Gasteiger partial charge on any atom is 0.323 e. The summed E-state index contributed by atoms with van der Waals surface area (Å²) >= 11 is 0. The number of hydrogen-bond donors (Lipinski definition) is 0. The number of esters is 2. The summed E-state index contributed by atoms with van der Waals surface area (Å²) in [5.41, 5.74) is -1.36. The number of ether oxygens (including phenoxy) is 2. The van der Waals surface area contributed by atoms with Crippen molar-refractivity contribution in [2.24, 2.45) is 5.41 Å². The summed E-state index contributed by atoms with van der Waals surface area (Å²) in [5.74, 6) is -1.12. The normalized spacial score (nSPS) is 18.9. The molecule has 1 fully saturated rings. The first kappa shape index (κ1) is 13.1. The Morgan fingerprint density at radius 1 is 1.19 bits per heavy atom. The van der Waals surface area contributed by atoms with Gasteiger partial charge in [0.1, 0.15) is 0 Å². The molecule has 0 amide bonds. The predicted octanol–water partition coefficient (Wildman–Crippen LogP) is 1.55. The third kappa shape index (κ3) is 2.24. The van der Waals surface area contributed by atoms with Gasteiger partial charge in [0.25, 0.3) is 0 Å². The Balaban J connectivity index is 2.75. The van der Waals surface area contributed by atoms with E-state index in [4.69, 9.17) is 9.47 Å². The van der Waals surface area contributed by atoms with Crippen LogP contribution in [-0.2, 0) is 23.6 Å². The van der Waals surface area contributed by atoms with Crippen LogP contribution in [0, 0.1) is 5.41 Å². The van der Waals surface area contributed by atoms with Crippen LogP contribution in [-0.4, -0.2) is 30.8 Å². The lowest BCUT2D eigenvalue weighted by Gasteiger charge is -2.39. The fourth-order valence-corrected chi connectivity index (χ4v) is 2.55. The molecule has 5 nitrogen and oxygen atoms in total. The largest absolute Gasteiger partial charge is 0.465 e. The summed E-state index contributed by atoms with van der Waals surface area (Å²) in [6, 6.07) is 0. The highest BCUT2D eigenvalue weighted by atomic mass is 31.1. The summed E-state index contributed by atoms with van der Waals surface area (Å²) in [7, 11) is -0.0358. The summed E-state index contributed by atoms with van der Waals surface area (Å²) < 4.78 is 20.4. The molecule has 0 radical (unpaired) electrons. The topological polar surface area (TPSA) is 69.7 Å². The van der Waals surface area contributed by atoms with Crippen molar-refractivity contribution in [1.29, 1.82) is 0 Å². The summed E-state index contributed by atoms with van der Waals surface area (Å²) in [6.45, 7) is 3.80. The molecular weight excluding hydrogens is 231 g/mol. The van der Waals surface area contributed by atoms with E-state index in [2.05, 4.69) is 0 Å². The van der Waals surface area contributed by atoms with Crippen molar-refractivity contribution in [3.05, 3.63) is 0 Å². The van der Waals surface area contributed by atoms with Crippen molar-refractivity contribution < 1.29 is 23.6 Å². The molecule has 0 saturated heterocycles. The van der Waals surface area contributed by atoms with E-state index in [-0.39, 0.29) is 40.2 Å². The van der Waals surface area contributed by atoms with E-state index in [9.17, 15) is 14.2 Å². The minimum atomic E-state index is -1.21. The molecule has 0 spiro atoms. The van der Waals surface area contributed by atoms with E-state index in [0.29, 0.717) is 0 Å². The quantitative estimate of drug-likeness (QED) is 0.418. The first-order valence-electron chi connectivity index (χ1n) is 5.27. The van der Waals surface area contributed by atoms with Crippen LogP contribution in [0.25, 0.3) is 0 Å². The molecule has 0 aliphatic heterocycles. The smallest absolute Gasteiger partial charge is 0.323 e. The van der Waals surface area contributed by atoms with Crippen molar-refractivity contribution in [1.82, 2.24) is 0 Å². The molecule has 1 aliphatic rings. The minimum Gasteiger partial charge on any atom is -0.465 e. The summed E-state index contributed by atoms with van der Waals surface area (Å²) in [5, 5.41) is 0. The van der Waals surface area contributed by atoms with Gasteiger partial charge in [0.15, 0.2) is 13.9 Å².